The van der Waals surface area contributed by atoms with E-state index in [2.05, 4.69) is 5.32 Å². The molecular formula is C15H17F3N2O3. The number of aliphatic hydroxyl groups excluding tert-OH is 1. The van der Waals surface area contributed by atoms with Crippen LogP contribution in [0, 0.1) is 0 Å². The zero-order chi connectivity index (χ0) is 17.2. The highest BCUT2D eigenvalue weighted by molar-refractivity contribution is 5.96. The summed E-state index contributed by atoms with van der Waals surface area (Å²) in [5.41, 5.74) is -1.09. The predicted molar refractivity (Wildman–Crippen MR) is 75.6 cm³/mol. The Kier molecular flexibility index (Phi) is 4.93. The van der Waals surface area contributed by atoms with Crippen molar-refractivity contribution < 1.29 is 27.9 Å². The van der Waals surface area contributed by atoms with Gasteiger partial charge in [-0.2, -0.15) is 13.2 Å². The molecule has 1 saturated heterocycles. The van der Waals surface area contributed by atoms with Gasteiger partial charge in [-0.1, -0.05) is 6.07 Å². The van der Waals surface area contributed by atoms with Crippen molar-refractivity contribution in [3.63, 3.8) is 0 Å². The summed E-state index contributed by atoms with van der Waals surface area (Å²) in [7, 11) is 0. The smallest absolute Gasteiger partial charge is 0.391 e. The van der Waals surface area contributed by atoms with Crippen LogP contribution in [0.1, 0.15) is 29.3 Å². The minimum atomic E-state index is -4.53. The summed E-state index contributed by atoms with van der Waals surface area (Å²) in [5, 5.41) is 11.8. The van der Waals surface area contributed by atoms with Crippen molar-refractivity contribution in [2.75, 3.05) is 13.1 Å². The second-order valence-electron chi connectivity index (χ2n) is 5.55. The van der Waals surface area contributed by atoms with Crippen LogP contribution in [0.2, 0.25) is 0 Å². The largest absolute Gasteiger partial charge is 0.416 e. The minimum absolute atomic E-state index is 0.136. The maximum Gasteiger partial charge on any atom is 0.416 e. The topological polar surface area (TPSA) is 69.6 Å². The van der Waals surface area contributed by atoms with Crippen molar-refractivity contribution in [3.05, 3.63) is 35.4 Å². The molecule has 0 bridgehead atoms. The number of likely N-dealkylation sites (tertiary alicyclic amines) is 1. The van der Waals surface area contributed by atoms with E-state index in [0.29, 0.717) is 6.42 Å². The normalized spacial score (nSPS) is 21.3. The van der Waals surface area contributed by atoms with Gasteiger partial charge in [-0.25, -0.2) is 0 Å². The second-order valence-corrected chi connectivity index (χ2v) is 5.55. The van der Waals surface area contributed by atoms with Gasteiger partial charge in [-0.05, 0) is 31.5 Å². The first-order chi connectivity index (χ1) is 10.7. The zero-order valence-electron chi connectivity index (χ0n) is 12.4. The molecule has 1 aromatic rings. The molecule has 8 heteroatoms. The van der Waals surface area contributed by atoms with Crippen LogP contribution in [0.5, 0.6) is 0 Å². The number of nitrogens with zero attached hydrogens (tertiary/aromatic N) is 1. The molecule has 0 aromatic heterocycles. The van der Waals surface area contributed by atoms with Crippen molar-refractivity contribution in [1.82, 2.24) is 10.2 Å². The summed E-state index contributed by atoms with van der Waals surface area (Å²) in [4.78, 5) is 25.3. The third-order valence-electron chi connectivity index (χ3n) is 3.73. The summed E-state index contributed by atoms with van der Waals surface area (Å²) in [6, 6.07) is 3.86. The number of nitrogens with one attached hydrogen (secondary N) is 1. The molecule has 2 atom stereocenters. The van der Waals surface area contributed by atoms with Gasteiger partial charge in [-0.3, -0.25) is 9.59 Å². The highest BCUT2D eigenvalue weighted by Crippen LogP contribution is 2.29. The number of halogens is 3. The van der Waals surface area contributed by atoms with Gasteiger partial charge in [0.15, 0.2) is 0 Å². The van der Waals surface area contributed by atoms with E-state index in [0.717, 1.165) is 18.2 Å². The zero-order valence-corrected chi connectivity index (χ0v) is 12.4. The molecule has 2 amide bonds. The van der Waals surface area contributed by atoms with E-state index in [4.69, 9.17) is 0 Å². The maximum absolute atomic E-state index is 12.6. The molecule has 126 valence electrons. The fraction of sp³-hybridized carbons (Fsp3) is 0.467. The molecule has 0 spiro atoms. The lowest BCUT2D eigenvalue weighted by Crippen LogP contribution is -2.42. The number of aliphatic hydroxyl groups is 1. The van der Waals surface area contributed by atoms with Gasteiger partial charge in [-0.15, -0.1) is 0 Å². The van der Waals surface area contributed by atoms with E-state index in [1.165, 1.54) is 11.0 Å². The van der Waals surface area contributed by atoms with Crippen molar-refractivity contribution in [2.24, 2.45) is 0 Å². The van der Waals surface area contributed by atoms with Crippen LogP contribution in [0.25, 0.3) is 0 Å². The first-order valence-corrected chi connectivity index (χ1v) is 7.11. The van der Waals surface area contributed by atoms with Crippen LogP contribution >= 0.6 is 0 Å². The predicted octanol–water partition coefficient (Wildman–Crippen LogP) is 1.42. The Morgan fingerprint density at radius 1 is 1.39 bits per heavy atom. The van der Waals surface area contributed by atoms with Gasteiger partial charge in [0.2, 0.25) is 5.91 Å². The highest BCUT2D eigenvalue weighted by Gasteiger charge is 2.32. The molecule has 0 aliphatic carbocycles. The van der Waals surface area contributed by atoms with E-state index in [9.17, 15) is 27.9 Å². The summed E-state index contributed by atoms with van der Waals surface area (Å²) in [6.45, 7) is 1.65. The molecule has 2 rings (SSSR count). The van der Waals surface area contributed by atoms with Gasteiger partial charge in [0.25, 0.3) is 5.91 Å². The van der Waals surface area contributed by atoms with E-state index in [-0.39, 0.29) is 30.6 Å². The molecule has 1 aliphatic rings. The fourth-order valence-corrected chi connectivity index (χ4v) is 2.55. The summed E-state index contributed by atoms with van der Waals surface area (Å²) in [5.74, 6) is -1.13. The average molecular weight is 330 g/mol. The first-order valence-electron chi connectivity index (χ1n) is 7.11. The Balaban J connectivity index is 1.96. The first kappa shape index (κ1) is 17.3. The highest BCUT2D eigenvalue weighted by atomic mass is 19.4. The Morgan fingerprint density at radius 2 is 2.09 bits per heavy atom. The lowest BCUT2D eigenvalue weighted by Gasteiger charge is -2.21. The summed E-state index contributed by atoms with van der Waals surface area (Å²) < 4.78 is 37.8. The number of rotatable bonds is 3. The minimum Gasteiger partial charge on any atom is -0.391 e. The fourth-order valence-electron chi connectivity index (χ4n) is 2.55. The monoisotopic (exact) mass is 330 g/mol. The molecule has 5 nitrogen and oxygen atoms in total. The lowest BCUT2D eigenvalue weighted by atomic mass is 10.1. The average Bonchev–Trinajstić information content (AvgIpc) is 2.82. The number of β-amino-alcohol motifs (C(OH)–C–C–N with tert-alkyl or cyclic N) is 1. The maximum atomic E-state index is 12.6. The number of hydrogen-bond donors (Lipinski definition) is 2. The van der Waals surface area contributed by atoms with Crippen LogP contribution in [0.15, 0.2) is 24.3 Å². The Labute approximate surface area is 131 Å². The molecule has 1 aliphatic heterocycles. The molecule has 0 saturated carbocycles. The van der Waals surface area contributed by atoms with Crippen LogP contribution in [-0.2, 0) is 11.0 Å². The molecule has 1 heterocycles. The third kappa shape index (κ3) is 4.22. The standard InChI is InChI=1S/C15H17F3N2O3/c1-9-5-12(21)8-20(9)13(22)7-19-14(23)10-3-2-4-11(6-10)15(16,17)18/h2-4,6,9,12,21H,5,7-8H2,1H3,(H,19,23). The van der Waals surface area contributed by atoms with Crippen LogP contribution in [0.4, 0.5) is 13.2 Å². The van der Waals surface area contributed by atoms with Crippen LogP contribution < -0.4 is 5.32 Å². The van der Waals surface area contributed by atoms with Crippen LogP contribution in [0.3, 0.4) is 0 Å². The van der Waals surface area contributed by atoms with Crippen molar-refractivity contribution in [1.29, 1.82) is 0 Å². The summed E-state index contributed by atoms with van der Waals surface area (Å²) >= 11 is 0. The SMILES string of the molecule is CC1CC(O)CN1C(=O)CNC(=O)c1cccc(C(F)(F)F)c1. The number of carbonyl (C=O) groups excluding carboxylic acids is 2. The van der Waals surface area contributed by atoms with Gasteiger partial charge in [0, 0.05) is 18.2 Å². The number of carbonyl (C=O) groups is 2. The van der Waals surface area contributed by atoms with Crippen molar-refractivity contribution >= 4 is 11.8 Å². The third-order valence-corrected chi connectivity index (χ3v) is 3.73. The second kappa shape index (κ2) is 6.57. The number of alkyl halides is 3. The molecule has 1 fully saturated rings. The number of amides is 2. The Hall–Kier alpha value is -2.09. The van der Waals surface area contributed by atoms with E-state index in [1.807, 2.05) is 0 Å². The Morgan fingerprint density at radius 3 is 2.65 bits per heavy atom. The molecule has 2 N–H and O–H groups in total. The Bertz CT molecular complexity index is 604. The lowest BCUT2D eigenvalue weighted by molar-refractivity contribution is -0.137. The molecule has 0 radical (unpaired) electrons. The van der Waals surface area contributed by atoms with E-state index >= 15 is 0 Å². The molecular weight excluding hydrogens is 313 g/mol. The quantitative estimate of drug-likeness (QED) is 0.881. The summed E-state index contributed by atoms with van der Waals surface area (Å²) in [6.07, 6.45) is -4.66. The molecule has 2 unspecified atom stereocenters. The van der Waals surface area contributed by atoms with E-state index in [1.54, 1.807) is 6.92 Å². The van der Waals surface area contributed by atoms with Gasteiger partial charge in [0.1, 0.15) is 0 Å². The van der Waals surface area contributed by atoms with E-state index < -0.39 is 23.8 Å². The molecule has 23 heavy (non-hydrogen) atoms. The number of hydrogen-bond acceptors (Lipinski definition) is 3. The van der Waals surface area contributed by atoms with Crippen LogP contribution in [-0.4, -0.2) is 47.1 Å². The van der Waals surface area contributed by atoms with Crippen molar-refractivity contribution in [3.8, 4) is 0 Å². The van der Waals surface area contributed by atoms with Gasteiger partial charge >= 0.3 is 6.18 Å². The number of benzene rings is 1. The van der Waals surface area contributed by atoms with Gasteiger partial charge < -0.3 is 15.3 Å². The molecule has 1 aromatic carbocycles. The van der Waals surface area contributed by atoms with Crippen molar-refractivity contribution in [2.45, 2.75) is 31.7 Å². The van der Waals surface area contributed by atoms with Gasteiger partial charge in [0.05, 0.1) is 18.2 Å².